The molecule has 3 rings (SSSR count). The van der Waals surface area contributed by atoms with Crippen molar-refractivity contribution in [3.05, 3.63) is 53.8 Å². The Bertz CT molecular complexity index is 912. The Morgan fingerprint density at radius 3 is 2.67 bits per heavy atom. The van der Waals surface area contributed by atoms with E-state index in [1.54, 1.807) is 17.0 Å². The minimum Gasteiger partial charge on any atom is -0.309 e. The molecule has 0 radical (unpaired) electrons. The summed E-state index contributed by atoms with van der Waals surface area (Å²) in [6.45, 7) is 3.41. The molecule has 1 aliphatic rings. The van der Waals surface area contributed by atoms with Gasteiger partial charge < -0.3 is 4.90 Å². The summed E-state index contributed by atoms with van der Waals surface area (Å²) in [6.07, 6.45) is 0.595. The van der Waals surface area contributed by atoms with E-state index in [9.17, 15) is 17.6 Å². The number of halogens is 1. The molecule has 7 heteroatoms. The summed E-state index contributed by atoms with van der Waals surface area (Å²) >= 11 is 0. The van der Waals surface area contributed by atoms with Gasteiger partial charge in [0.05, 0.1) is 10.6 Å². The molecule has 2 aromatic carbocycles. The predicted molar refractivity (Wildman–Crippen MR) is 90.0 cm³/mol. The Kier molecular flexibility index (Phi) is 4.04. The van der Waals surface area contributed by atoms with Gasteiger partial charge in [0.2, 0.25) is 5.91 Å². The van der Waals surface area contributed by atoms with Crippen molar-refractivity contribution in [2.75, 3.05) is 9.62 Å². The Hall–Kier alpha value is -2.41. The molecule has 1 aliphatic heterocycles. The van der Waals surface area contributed by atoms with Crippen LogP contribution in [0, 0.1) is 5.82 Å². The first-order valence-electron chi connectivity index (χ1n) is 7.49. The van der Waals surface area contributed by atoms with Gasteiger partial charge in [0.25, 0.3) is 10.0 Å². The SMILES string of the molecule is CC(=O)N1c2ccc(S(=O)(=O)Nc3cccc(F)c3)cc2C[C@H]1C. The van der Waals surface area contributed by atoms with Crippen molar-refractivity contribution in [1.82, 2.24) is 0 Å². The first-order valence-corrected chi connectivity index (χ1v) is 8.97. The lowest BCUT2D eigenvalue weighted by molar-refractivity contribution is -0.116. The maximum atomic E-state index is 13.2. The van der Waals surface area contributed by atoms with Crippen molar-refractivity contribution in [2.24, 2.45) is 0 Å². The second kappa shape index (κ2) is 5.90. The van der Waals surface area contributed by atoms with Gasteiger partial charge in [0.1, 0.15) is 5.82 Å². The van der Waals surface area contributed by atoms with Gasteiger partial charge in [-0.1, -0.05) is 6.07 Å². The molecule has 24 heavy (non-hydrogen) atoms. The number of hydrogen-bond acceptors (Lipinski definition) is 3. The third-order valence-corrected chi connectivity index (χ3v) is 5.37. The second-order valence-corrected chi connectivity index (χ2v) is 7.53. The lowest BCUT2D eigenvalue weighted by Gasteiger charge is -2.20. The summed E-state index contributed by atoms with van der Waals surface area (Å²) in [5.74, 6) is -0.593. The monoisotopic (exact) mass is 348 g/mol. The third kappa shape index (κ3) is 2.99. The number of sulfonamides is 1. The van der Waals surface area contributed by atoms with E-state index in [2.05, 4.69) is 4.72 Å². The third-order valence-electron chi connectivity index (χ3n) is 3.99. The number of amides is 1. The normalized spacial score (nSPS) is 16.8. The highest BCUT2D eigenvalue weighted by atomic mass is 32.2. The smallest absolute Gasteiger partial charge is 0.261 e. The van der Waals surface area contributed by atoms with Crippen LogP contribution in [0.4, 0.5) is 15.8 Å². The molecule has 0 bridgehead atoms. The molecule has 126 valence electrons. The predicted octanol–water partition coefficient (Wildman–Crippen LogP) is 2.92. The molecule has 2 aromatic rings. The van der Waals surface area contributed by atoms with E-state index in [0.717, 1.165) is 17.3 Å². The lowest BCUT2D eigenvalue weighted by atomic mass is 10.1. The molecule has 0 aliphatic carbocycles. The summed E-state index contributed by atoms with van der Waals surface area (Å²) in [5, 5.41) is 0. The molecule has 0 spiro atoms. The average Bonchev–Trinajstić information content (AvgIpc) is 2.81. The van der Waals surface area contributed by atoms with E-state index >= 15 is 0 Å². The number of benzene rings is 2. The summed E-state index contributed by atoms with van der Waals surface area (Å²) in [4.78, 5) is 13.5. The Balaban J connectivity index is 1.93. The number of anilines is 2. The molecule has 1 amide bonds. The van der Waals surface area contributed by atoms with Crippen LogP contribution in [0.1, 0.15) is 19.4 Å². The molecule has 0 saturated carbocycles. The van der Waals surface area contributed by atoms with Gasteiger partial charge in [-0.25, -0.2) is 12.8 Å². The molecule has 0 fully saturated rings. The van der Waals surface area contributed by atoms with Gasteiger partial charge in [0.15, 0.2) is 0 Å². The number of carbonyl (C=O) groups is 1. The molecular formula is C17H17FN2O3S. The number of nitrogens with one attached hydrogen (secondary N) is 1. The van der Waals surface area contributed by atoms with Crippen molar-refractivity contribution in [1.29, 1.82) is 0 Å². The maximum absolute atomic E-state index is 13.2. The first-order chi connectivity index (χ1) is 11.3. The van der Waals surface area contributed by atoms with Crippen molar-refractivity contribution in [3.63, 3.8) is 0 Å². The van der Waals surface area contributed by atoms with E-state index in [1.165, 1.54) is 31.2 Å². The van der Waals surface area contributed by atoms with E-state index in [-0.39, 0.29) is 22.5 Å². The second-order valence-electron chi connectivity index (χ2n) is 5.85. The molecule has 0 unspecified atom stereocenters. The van der Waals surface area contributed by atoms with E-state index in [4.69, 9.17) is 0 Å². The maximum Gasteiger partial charge on any atom is 0.261 e. The zero-order valence-electron chi connectivity index (χ0n) is 13.3. The highest BCUT2D eigenvalue weighted by molar-refractivity contribution is 7.92. The van der Waals surface area contributed by atoms with Crippen LogP contribution in [-0.4, -0.2) is 20.4 Å². The summed E-state index contributed by atoms with van der Waals surface area (Å²) in [6, 6.07) is 9.92. The zero-order valence-corrected chi connectivity index (χ0v) is 14.1. The fraction of sp³-hybridized carbons (Fsp3) is 0.235. The number of fused-ring (bicyclic) bond motifs is 1. The summed E-state index contributed by atoms with van der Waals surface area (Å²) in [7, 11) is -3.83. The van der Waals surface area contributed by atoms with Gasteiger partial charge in [0, 0.05) is 18.7 Å². The van der Waals surface area contributed by atoms with Crippen molar-refractivity contribution >= 4 is 27.3 Å². The van der Waals surface area contributed by atoms with Crippen molar-refractivity contribution in [3.8, 4) is 0 Å². The molecule has 1 atom stereocenters. The van der Waals surface area contributed by atoms with Crippen LogP contribution in [0.5, 0.6) is 0 Å². The fourth-order valence-corrected chi connectivity index (χ4v) is 4.12. The Morgan fingerprint density at radius 1 is 1.25 bits per heavy atom. The molecule has 1 heterocycles. The minimum atomic E-state index is -3.83. The molecule has 0 aromatic heterocycles. The highest BCUT2D eigenvalue weighted by Crippen LogP contribution is 2.34. The quantitative estimate of drug-likeness (QED) is 0.927. The van der Waals surface area contributed by atoms with Gasteiger partial charge in [-0.3, -0.25) is 9.52 Å². The minimum absolute atomic E-state index is 0.00775. The zero-order chi connectivity index (χ0) is 17.5. The first kappa shape index (κ1) is 16.4. The van der Waals surface area contributed by atoms with Crippen LogP contribution >= 0.6 is 0 Å². The van der Waals surface area contributed by atoms with Crippen LogP contribution in [-0.2, 0) is 21.2 Å². The van der Waals surface area contributed by atoms with Crippen LogP contribution in [0.2, 0.25) is 0 Å². The number of nitrogens with zero attached hydrogens (tertiary/aromatic N) is 1. The average molecular weight is 348 g/mol. The lowest BCUT2D eigenvalue weighted by Crippen LogP contribution is -2.33. The molecule has 1 N–H and O–H groups in total. The topological polar surface area (TPSA) is 66.5 Å². The highest BCUT2D eigenvalue weighted by Gasteiger charge is 2.30. The largest absolute Gasteiger partial charge is 0.309 e. The number of rotatable bonds is 3. The van der Waals surface area contributed by atoms with Crippen molar-refractivity contribution < 1.29 is 17.6 Å². The van der Waals surface area contributed by atoms with Gasteiger partial charge >= 0.3 is 0 Å². The standard InChI is InChI=1S/C17H17FN2O3S/c1-11-8-13-9-16(6-7-17(13)20(11)12(2)21)24(22,23)19-15-5-3-4-14(18)10-15/h3-7,9-11,19H,8H2,1-2H3/t11-/m1/s1. The molecular weight excluding hydrogens is 331 g/mol. The van der Waals surface area contributed by atoms with Gasteiger partial charge in [-0.2, -0.15) is 0 Å². The van der Waals surface area contributed by atoms with Crippen LogP contribution in [0.15, 0.2) is 47.4 Å². The van der Waals surface area contributed by atoms with Crippen LogP contribution in [0.25, 0.3) is 0 Å². The van der Waals surface area contributed by atoms with E-state index < -0.39 is 15.8 Å². The molecule has 5 nitrogen and oxygen atoms in total. The van der Waals surface area contributed by atoms with Crippen LogP contribution in [0.3, 0.4) is 0 Å². The number of hydrogen-bond donors (Lipinski definition) is 1. The summed E-state index contributed by atoms with van der Waals surface area (Å²) < 4.78 is 40.6. The van der Waals surface area contributed by atoms with E-state index in [1.807, 2.05) is 6.92 Å². The van der Waals surface area contributed by atoms with Gasteiger partial charge in [-0.05, 0) is 55.3 Å². The molecule has 0 saturated heterocycles. The number of carbonyl (C=O) groups excluding carboxylic acids is 1. The van der Waals surface area contributed by atoms with E-state index in [0.29, 0.717) is 6.42 Å². The summed E-state index contributed by atoms with van der Waals surface area (Å²) in [5.41, 5.74) is 1.70. The Labute approximate surface area is 140 Å². The fourth-order valence-electron chi connectivity index (χ4n) is 3.02. The van der Waals surface area contributed by atoms with Crippen LogP contribution < -0.4 is 9.62 Å². The Morgan fingerprint density at radius 2 is 2.00 bits per heavy atom. The van der Waals surface area contributed by atoms with Crippen molar-refractivity contribution in [2.45, 2.75) is 31.2 Å². The van der Waals surface area contributed by atoms with Gasteiger partial charge in [-0.15, -0.1) is 0 Å².